The van der Waals surface area contributed by atoms with Gasteiger partial charge in [-0.05, 0) is 56.5 Å². The average Bonchev–Trinajstić information content (AvgIpc) is 2.84. The highest BCUT2D eigenvalue weighted by atomic mass is 15.1. The number of rotatable bonds is 24. The van der Waals surface area contributed by atoms with Gasteiger partial charge in [0.05, 0.1) is 0 Å². The number of benzene rings is 1. The lowest BCUT2D eigenvalue weighted by atomic mass is 10.0. The highest BCUT2D eigenvalue weighted by Gasteiger charge is 2.09. The number of nitrogens with zero attached hydrogens (tertiary/aromatic N) is 1. The SMILES string of the molecule is CCCCCCCCCCCCN(CCCCCCCCCCCC)Cc1cccc(C)c1C. The average molecular weight is 472 g/mol. The second-order valence-electron chi connectivity index (χ2n) is 11.0. The molecule has 0 saturated heterocycles. The zero-order chi connectivity index (χ0) is 24.7. The smallest absolute Gasteiger partial charge is 0.0236 e. The number of hydrogen-bond donors (Lipinski definition) is 0. The summed E-state index contributed by atoms with van der Waals surface area (Å²) in [7, 11) is 0. The summed E-state index contributed by atoms with van der Waals surface area (Å²) in [6, 6.07) is 6.86. The molecule has 0 spiro atoms. The van der Waals surface area contributed by atoms with Crippen molar-refractivity contribution in [1.82, 2.24) is 4.90 Å². The van der Waals surface area contributed by atoms with Gasteiger partial charge >= 0.3 is 0 Å². The molecule has 0 heterocycles. The molecule has 0 aromatic heterocycles. The highest BCUT2D eigenvalue weighted by Crippen LogP contribution is 2.17. The van der Waals surface area contributed by atoms with Gasteiger partial charge < -0.3 is 0 Å². The molecule has 1 aromatic carbocycles. The van der Waals surface area contributed by atoms with E-state index in [2.05, 4.69) is 50.8 Å². The van der Waals surface area contributed by atoms with Crippen LogP contribution in [0.15, 0.2) is 18.2 Å². The van der Waals surface area contributed by atoms with Crippen LogP contribution in [-0.2, 0) is 6.54 Å². The number of unbranched alkanes of at least 4 members (excludes halogenated alkanes) is 18. The summed E-state index contributed by atoms with van der Waals surface area (Å²) in [6.07, 6.45) is 28.5. The van der Waals surface area contributed by atoms with Crippen LogP contribution >= 0.6 is 0 Å². The lowest BCUT2D eigenvalue weighted by Crippen LogP contribution is -2.26. The monoisotopic (exact) mass is 471 g/mol. The maximum absolute atomic E-state index is 2.76. The molecule has 1 aromatic rings. The molecule has 0 N–H and O–H groups in total. The second-order valence-corrected chi connectivity index (χ2v) is 11.0. The molecule has 1 heteroatoms. The van der Waals surface area contributed by atoms with Crippen molar-refractivity contribution in [2.75, 3.05) is 13.1 Å². The maximum atomic E-state index is 2.76. The lowest BCUT2D eigenvalue weighted by Gasteiger charge is -2.24. The third-order valence-corrected chi connectivity index (χ3v) is 7.77. The summed E-state index contributed by atoms with van der Waals surface area (Å²) < 4.78 is 0. The van der Waals surface area contributed by atoms with Gasteiger partial charge in [-0.15, -0.1) is 0 Å². The van der Waals surface area contributed by atoms with Gasteiger partial charge in [0.15, 0.2) is 0 Å². The fourth-order valence-corrected chi connectivity index (χ4v) is 5.14. The molecule has 0 radical (unpaired) electrons. The Morgan fingerprint density at radius 3 is 1.29 bits per heavy atom. The summed E-state index contributed by atoms with van der Waals surface area (Å²) in [4.78, 5) is 2.76. The Morgan fingerprint density at radius 2 is 0.882 bits per heavy atom. The van der Waals surface area contributed by atoms with E-state index in [0.29, 0.717) is 0 Å². The van der Waals surface area contributed by atoms with Crippen molar-refractivity contribution in [3.63, 3.8) is 0 Å². The van der Waals surface area contributed by atoms with Gasteiger partial charge in [-0.25, -0.2) is 0 Å². The van der Waals surface area contributed by atoms with Gasteiger partial charge in [0, 0.05) is 6.54 Å². The minimum absolute atomic E-state index is 1.14. The van der Waals surface area contributed by atoms with E-state index in [0.717, 1.165) is 6.54 Å². The minimum atomic E-state index is 1.14. The van der Waals surface area contributed by atoms with Crippen molar-refractivity contribution >= 4 is 0 Å². The molecular formula is C33H61N. The van der Waals surface area contributed by atoms with Gasteiger partial charge in [-0.3, -0.25) is 4.90 Å². The summed E-state index contributed by atoms with van der Waals surface area (Å²) in [5, 5.41) is 0. The van der Waals surface area contributed by atoms with Gasteiger partial charge in [0.25, 0.3) is 0 Å². The van der Waals surface area contributed by atoms with Crippen molar-refractivity contribution < 1.29 is 0 Å². The van der Waals surface area contributed by atoms with Crippen LogP contribution in [0.5, 0.6) is 0 Å². The largest absolute Gasteiger partial charge is 0.299 e. The van der Waals surface area contributed by atoms with E-state index >= 15 is 0 Å². The van der Waals surface area contributed by atoms with E-state index < -0.39 is 0 Å². The second kappa shape index (κ2) is 22.6. The molecule has 1 nitrogen and oxygen atoms in total. The first-order chi connectivity index (χ1) is 16.7. The minimum Gasteiger partial charge on any atom is -0.299 e. The Balaban J connectivity index is 2.25. The first kappa shape index (κ1) is 31.2. The van der Waals surface area contributed by atoms with Crippen LogP contribution in [0.4, 0.5) is 0 Å². The normalized spacial score (nSPS) is 11.6. The van der Waals surface area contributed by atoms with Crippen LogP contribution in [0.3, 0.4) is 0 Å². The molecule has 0 atom stereocenters. The Morgan fingerprint density at radius 1 is 0.500 bits per heavy atom. The molecule has 0 saturated carbocycles. The zero-order valence-electron chi connectivity index (χ0n) is 23.9. The molecule has 0 unspecified atom stereocenters. The molecular weight excluding hydrogens is 410 g/mol. The number of hydrogen-bond acceptors (Lipinski definition) is 1. The van der Waals surface area contributed by atoms with Crippen LogP contribution in [-0.4, -0.2) is 18.0 Å². The van der Waals surface area contributed by atoms with E-state index in [4.69, 9.17) is 0 Å². The number of aryl methyl sites for hydroxylation is 1. The quantitative estimate of drug-likeness (QED) is 0.135. The van der Waals surface area contributed by atoms with Crippen molar-refractivity contribution in [2.45, 2.75) is 163 Å². The molecule has 34 heavy (non-hydrogen) atoms. The summed E-state index contributed by atoms with van der Waals surface area (Å²) in [6.45, 7) is 12.9. The standard InChI is InChI=1S/C33H61N/c1-5-7-9-11-13-15-17-19-21-23-28-34(30-33-27-25-26-31(3)32(33)4)29-24-22-20-18-16-14-12-10-8-6-2/h25-27H,5-24,28-30H2,1-4H3. The van der Waals surface area contributed by atoms with E-state index in [9.17, 15) is 0 Å². The summed E-state index contributed by atoms with van der Waals surface area (Å²) >= 11 is 0. The Bertz CT molecular complexity index is 540. The van der Waals surface area contributed by atoms with Gasteiger partial charge in [-0.1, -0.05) is 148 Å². The Kier molecular flexibility index (Phi) is 20.8. The Labute approximate surface area is 215 Å². The topological polar surface area (TPSA) is 3.24 Å². The predicted molar refractivity (Wildman–Crippen MR) is 155 cm³/mol. The predicted octanol–water partition coefficient (Wildman–Crippen LogP) is 10.9. The van der Waals surface area contributed by atoms with Crippen LogP contribution < -0.4 is 0 Å². The molecule has 0 aliphatic carbocycles. The van der Waals surface area contributed by atoms with Crippen LogP contribution in [0.1, 0.15) is 159 Å². The van der Waals surface area contributed by atoms with Crippen LogP contribution in [0, 0.1) is 13.8 Å². The maximum Gasteiger partial charge on any atom is 0.0236 e. The first-order valence-electron chi connectivity index (χ1n) is 15.5. The van der Waals surface area contributed by atoms with Gasteiger partial charge in [0.1, 0.15) is 0 Å². The van der Waals surface area contributed by atoms with Crippen molar-refractivity contribution in [3.05, 3.63) is 34.9 Å². The molecule has 198 valence electrons. The molecule has 0 amide bonds. The molecule has 0 aliphatic rings. The highest BCUT2D eigenvalue weighted by molar-refractivity contribution is 5.32. The van der Waals surface area contributed by atoms with Crippen molar-refractivity contribution in [3.8, 4) is 0 Å². The first-order valence-corrected chi connectivity index (χ1v) is 15.5. The zero-order valence-corrected chi connectivity index (χ0v) is 23.9. The molecule has 1 rings (SSSR count). The van der Waals surface area contributed by atoms with E-state index in [-0.39, 0.29) is 0 Å². The van der Waals surface area contributed by atoms with E-state index in [1.54, 1.807) is 5.56 Å². The van der Waals surface area contributed by atoms with Crippen LogP contribution in [0.25, 0.3) is 0 Å². The van der Waals surface area contributed by atoms with Crippen molar-refractivity contribution in [2.24, 2.45) is 0 Å². The van der Waals surface area contributed by atoms with E-state index in [1.165, 1.54) is 153 Å². The fourth-order valence-electron chi connectivity index (χ4n) is 5.14. The Hall–Kier alpha value is -0.820. The molecule has 0 fully saturated rings. The summed E-state index contributed by atoms with van der Waals surface area (Å²) in [5.41, 5.74) is 4.48. The van der Waals surface area contributed by atoms with Crippen LogP contribution in [0.2, 0.25) is 0 Å². The molecule has 0 bridgehead atoms. The molecule has 0 aliphatic heterocycles. The lowest BCUT2D eigenvalue weighted by molar-refractivity contribution is 0.251. The third kappa shape index (κ3) is 16.7. The van der Waals surface area contributed by atoms with Gasteiger partial charge in [-0.2, -0.15) is 0 Å². The van der Waals surface area contributed by atoms with Gasteiger partial charge in [0.2, 0.25) is 0 Å². The summed E-state index contributed by atoms with van der Waals surface area (Å²) in [5.74, 6) is 0. The third-order valence-electron chi connectivity index (χ3n) is 7.77. The fraction of sp³-hybridized carbons (Fsp3) is 0.818. The van der Waals surface area contributed by atoms with E-state index in [1.807, 2.05) is 0 Å². The van der Waals surface area contributed by atoms with Crippen molar-refractivity contribution in [1.29, 1.82) is 0 Å².